The van der Waals surface area contributed by atoms with E-state index in [0.29, 0.717) is 13.0 Å². The molecular formula is C12H16BrN3O. The first-order valence-corrected chi connectivity index (χ1v) is 6.37. The number of nitrogens with one attached hydrogen (secondary N) is 1. The summed E-state index contributed by atoms with van der Waals surface area (Å²) in [5.74, 6) is 0.0166. The van der Waals surface area contributed by atoms with Crippen molar-refractivity contribution < 1.29 is 4.79 Å². The van der Waals surface area contributed by atoms with Crippen LogP contribution in [0, 0.1) is 6.92 Å². The number of carbonyl (C=O) groups excluding carboxylic acids is 1. The van der Waals surface area contributed by atoms with Crippen molar-refractivity contribution in [3.05, 3.63) is 22.2 Å². The minimum Gasteiger partial charge on any atom is -0.360 e. The molecule has 5 heteroatoms. The Balaban J connectivity index is 2.46. The second kappa shape index (κ2) is 4.66. The minimum atomic E-state index is -0.188. The number of benzene rings is 1. The molecule has 0 aromatic heterocycles. The second-order valence-corrected chi connectivity index (χ2v) is 5.19. The summed E-state index contributed by atoms with van der Waals surface area (Å²) in [6.45, 7) is 2.50. The van der Waals surface area contributed by atoms with Crippen LogP contribution in [0.3, 0.4) is 0 Å². The van der Waals surface area contributed by atoms with E-state index in [9.17, 15) is 4.79 Å². The molecule has 4 nitrogen and oxygen atoms in total. The van der Waals surface area contributed by atoms with Gasteiger partial charge in [-0.1, -0.05) is 0 Å². The maximum Gasteiger partial charge on any atom is 0.247 e. The molecule has 1 unspecified atom stereocenters. The SMILES string of the molecule is Cc1cc(Br)c2c(c1)NC(=O)C(CCN)N2C. The average Bonchev–Trinajstić information content (AvgIpc) is 2.22. The van der Waals surface area contributed by atoms with Crippen LogP contribution in [0.15, 0.2) is 16.6 Å². The van der Waals surface area contributed by atoms with Crippen LogP contribution in [0.4, 0.5) is 11.4 Å². The molecule has 1 aromatic carbocycles. The van der Waals surface area contributed by atoms with Crippen LogP contribution < -0.4 is 16.0 Å². The third-order valence-corrected chi connectivity index (χ3v) is 3.63. The number of rotatable bonds is 2. The summed E-state index contributed by atoms with van der Waals surface area (Å²) in [5, 5.41) is 2.94. The van der Waals surface area contributed by atoms with Gasteiger partial charge in [-0.15, -0.1) is 0 Å². The van der Waals surface area contributed by atoms with Crippen LogP contribution in [0.2, 0.25) is 0 Å². The molecule has 1 aromatic rings. The Morgan fingerprint density at radius 1 is 1.53 bits per heavy atom. The normalized spacial score (nSPS) is 18.9. The topological polar surface area (TPSA) is 58.4 Å². The first-order valence-electron chi connectivity index (χ1n) is 5.58. The Hall–Kier alpha value is -1.07. The van der Waals surface area contributed by atoms with Gasteiger partial charge in [-0.25, -0.2) is 0 Å². The molecule has 0 saturated heterocycles. The first kappa shape index (κ1) is 12.4. The minimum absolute atomic E-state index is 0.0166. The van der Waals surface area contributed by atoms with Gasteiger partial charge in [0.2, 0.25) is 5.91 Å². The lowest BCUT2D eigenvalue weighted by Crippen LogP contribution is -2.47. The van der Waals surface area contributed by atoms with E-state index < -0.39 is 0 Å². The molecule has 1 aliphatic heterocycles. The highest BCUT2D eigenvalue weighted by Crippen LogP contribution is 2.39. The smallest absolute Gasteiger partial charge is 0.247 e. The fourth-order valence-corrected chi connectivity index (χ4v) is 3.07. The zero-order chi connectivity index (χ0) is 12.6. The van der Waals surface area contributed by atoms with Crippen molar-refractivity contribution >= 4 is 33.2 Å². The third-order valence-electron chi connectivity index (χ3n) is 3.03. The molecule has 0 radical (unpaired) electrons. The highest BCUT2D eigenvalue weighted by atomic mass is 79.9. The fraction of sp³-hybridized carbons (Fsp3) is 0.417. The molecule has 0 spiro atoms. The largest absolute Gasteiger partial charge is 0.360 e. The summed E-state index contributed by atoms with van der Waals surface area (Å²) in [4.78, 5) is 13.9. The van der Waals surface area contributed by atoms with Crippen molar-refractivity contribution in [1.82, 2.24) is 0 Å². The zero-order valence-electron chi connectivity index (χ0n) is 9.96. The summed E-state index contributed by atoms with van der Waals surface area (Å²) in [7, 11) is 1.93. The predicted octanol–water partition coefficient (Wildman–Crippen LogP) is 1.86. The van der Waals surface area contributed by atoms with E-state index in [-0.39, 0.29) is 11.9 Å². The number of carbonyl (C=O) groups is 1. The summed E-state index contributed by atoms with van der Waals surface area (Å²) >= 11 is 3.55. The van der Waals surface area contributed by atoms with Crippen LogP contribution in [-0.4, -0.2) is 25.5 Å². The van der Waals surface area contributed by atoms with Crippen molar-refractivity contribution in [2.24, 2.45) is 5.73 Å². The molecule has 0 aliphatic carbocycles. The van der Waals surface area contributed by atoms with Gasteiger partial charge in [0.25, 0.3) is 0 Å². The van der Waals surface area contributed by atoms with Gasteiger partial charge < -0.3 is 16.0 Å². The Kier molecular flexibility index (Phi) is 3.40. The van der Waals surface area contributed by atoms with Gasteiger partial charge in [0.15, 0.2) is 0 Å². The first-order chi connectivity index (χ1) is 8.04. The zero-order valence-corrected chi connectivity index (χ0v) is 11.5. The van der Waals surface area contributed by atoms with E-state index in [0.717, 1.165) is 21.4 Å². The monoisotopic (exact) mass is 297 g/mol. The summed E-state index contributed by atoms with van der Waals surface area (Å²) in [5.41, 5.74) is 8.54. The van der Waals surface area contributed by atoms with Gasteiger partial charge >= 0.3 is 0 Å². The molecule has 0 bridgehead atoms. The molecule has 1 aliphatic rings. The highest BCUT2D eigenvalue weighted by molar-refractivity contribution is 9.10. The lowest BCUT2D eigenvalue weighted by Gasteiger charge is -2.36. The van der Waals surface area contributed by atoms with Gasteiger partial charge in [-0.3, -0.25) is 4.79 Å². The fourth-order valence-electron chi connectivity index (χ4n) is 2.22. The lowest BCUT2D eigenvalue weighted by atomic mass is 10.0. The molecule has 1 heterocycles. The van der Waals surface area contributed by atoms with Gasteiger partial charge in [-0.05, 0) is 53.5 Å². The quantitative estimate of drug-likeness (QED) is 0.876. The molecule has 92 valence electrons. The summed E-state index contributed by atoms with van der Waals surface area (Å²) in [6, 6.07) is 3.84. The van der Waals surface area contributed by atoms with Crippen LogP contribution in [0.1, 0.15) is 12.0 Å². The molecule has 1 atom stereocenters. The molecule has 2 rings (SSSR count). The van der Waals surface area contributed by atoms with E-state index in [1.54, 1.807) is 0 Å². The molecule has 17 heavy (non-hydrogen) atoms. The summed E-state index contributed by atoms with van der Waals surface area (Å²) < 4.78 is 0.997. The maximum absolute atomic E-state index is 12.0. The summed E-state index contributed by atoms with van der Waals surface area (Å²) in [6.07, 6.45) is 0.655. The van der Waals surface area contributed by atoms with Gasteiger partial charge in [0, 0.05) is 11.5 Å². The highest BCUT2D eigenvalue weighted by Gasteiger charge is 2.31. The third kappa shape index (κ3) is 2.17. The molecule has 3 N–H and O–H groups in total. The van der Waals surface area contributed by atoms with Gasteiger partial charge in [0.05, 0.1) is 11.4 Å². The van der Waals surface area contributed by atoms with Crippen molar-refractivity contribution in [2.45, 2.75) is 19.4 Å². The Morgan fingerprint density at radius 3 is 2.88 bits per heavy atom. The Bertz CT molecular complexity index is 461. The Labute approximate surface area is 109 Å². The number of nitrogens with two attached hydrogens (primary N) is 1. The van der Waals surface area contributed by atoms with Crippen LogP contribution in [0.5, 0.6) is 0 Å². The van der Waals surface area contributed by atoms with Crippen LogP contribution >= 0.6 is 15.9 Å². The van der Waals surface area contributed by atoms with Crippen LogP contribution in [0.25, 0.3) is 0 Å². The van der Waals surface area contributed by atoms with Gasteiger partial charge in [0.1, 0.15) is 6.04 Å². The molecule has 0 fully saturated rings. The van der Waals surface area contributed by atoms with E-state index in [2.05, 4.69) is 21.2 Å². The number of fused-ring (bicyclic) bond motifs is 1. The Morgan fingerprint density at radius 2 is 2.24 bits per heavy atom. The lowest BCUT2D eigenvalue weighted by molar-refractivity contribution is -0.117. The molecule has 1 amide bonds. The molecule has 0 saturated carbocycles. The van der Waals surface area contributed by atoms with E-state index in [4.69, 9.17) is 5.73 Å². The van der Waals surface area contributed by atoms with Gasteiger partial charge in [-0.2, -0.15) is 0 Å². The number of likely N-dealkylation sites (N-methyl/N-ethyl adjacent to an activating group) is 1. The number of hydrogen-bond donors (Lipinski definition) is 2. The standard InChI is InChI=1S/C12H16BrN3O/c1-7-5-8(13)11-9(6-7)15-12(17)10(3-4-14)16(11)2/h5-6,10H,3-4,14H2,1-2H3,(H,15,17). The van der Waals surface area contributed by atoms with Crippen molar-refractivity contribution in [3.63, 3.8) is 0 Å². The average molecular weight is 298 g/mol. The van der Waals surface area contributed by atoms with E-state index >= 15 is 0 Å². The number of aryl methyl sites for hydroxylation is 1. The van der Waals surface area contributed by atoms with E-state index in [1.165, 1.54) is 0 Å². The van der Waals surface area contributed by atoms with Crippen LogP contribution in [-0.2, 0) is 4.79 Å². The number of hydrogen-bond acceptors (Lipinski definition) is 3. The number of amides is 1. The number of halogens is 1. The maximum atomic E-state index is 12.0. The predicted molar refractivity (Wildman–Crippen MR) is 73.4 cm³/mol. The van der Waals surface area contributed by atoms with Crippen molar-refractivity contribution in [2.75, 3.05) is 23.8 Å². The van der Waals surface area contributed by atoms with Crippen molar-refractivity contribution in [1.29, 1.82) is 0 Å². The molecular weight excluding hydrogens is 282 g/mol. The van der Waals surface area contributed by atoms with Crippen molar-refractivity contribution in [3.8, 4) is 0 Å². The van der Waals surface area contributed by atoms with E-state index in [1.807, 2.05) is 31.0 Å². The second-order valence-electron chi connectivity index (χ2n) is 4.34. The number of anilines is 2. The number of nitrogens with zero attached hydrogens (tertiary/aromatic N) is 1.